The molecule has 0 fully saturated rings. The third-order valence-electron chi connectivity index (χ3n) is 5.76. The molecule has 3 aromatic rings. The molecule has 0 saturated heterocycles. The highest BCUT2D eigenvalue weighted by atomic mass is 127. The third kappa shape index (κ3) is 12.3. The fraction of sp³-hybridized carbons (Fsp3) is 0.303. The molecule has 0 bridgehead atoms. The molecule has 0 aliphatic heterocycles. The summed E-state index contributed by atoms with van der Waals surface area (Å²) >= 11 is 0. The molecular formula is C33H36INO4. The average Bonchev–Trinajstić information content (AvgIpc) is 2.92. The number of carbonyl (C=O) groups is 1. The standard InChI is InChI=1S/C33H36NO4.HI/c1-34(2,3)32(26-28-16-10-8-11-17-28)33(35)37-25-15-7-5-4-6-14-24-36-30-20-22-31(23-21-30)38-27-29-18-12-9-13-19-29;/h8-13,16-23,32H,4,15,24-27H2,1-3H3;1H/q+1;/p-1. The van der Waals surface area contributed by atoms with E-state index in [9.17, 15) is 4.79 Å². The normalized spacial score (nSPS) is 10.9. The van der Waals surface area contributed by atoms with Crippen LogP contribution >= 0.6 is 0 Å². The van der Waals surface area contributed by atoms with Crippen LogP contribution in [0.25, 0.3) is 0 Å². The van der Waals surface area contributed by atoms with Gasteiger partial charge in [-0.1, -0.05) is 84.3 Å². The van der Waals surface area contributed by atoms with E-state index in [2.05, 4.69) is 23.7 Å². The fourth-order valence-electron chi connectivity index (χ4n) is 3.61. The smallest absolute Gasteiger partial charge is 0.365 e. The lowest BCUT2D eigenvalue weighted by Gasteiger charge is -2.32. The summed E-state index contributed by atoms with van der Waals surface area (Å²) in [7, 11) is 6.02. The number of benzene rings is 3. The van der Waals surface area contributed by atoms with Crippen molar-refractivity contribution in [1.82, 2.24) is 0 Å². The van der Waals surface area contributed by atoms with Gasteiger partial charge in [0.25, 0.3) is 0 Å². The van der Waals surface area contributed by atoms with Gasteiger partial charge in [-0.2, -0.15) is 0 Å². The highest BCUT2D eigenvalue weighted by Crippen LogP contribution is 2.18. The highest BCUT2D eigenvalue weighted by molar-refractivity contribution is 5.75. The maximum absolute atomic E-state index is 12.7. The molecule has 0 saturated carbocycles. The van der Waals surface area contributed by atoms with Gasteiger partial charge in [-0.15, -0.1) is 0 Å². The number of carbonyl (C=O) groups excluding carboxylic acids is 1. The van der Waals surface area contributed by atoms with E-state index in [-0.39, 0.29) is 49.2 Å². The first kappa shape index (κ1) is 31.8. The number of nitrogens with zero attached hydrogens (tertiary/aromatic N) is 1. The second kappa shape index (κ2) is 17.2. The molecule has 0 aromatic heterocycles. The summed E-state index contributed by atoms with van der Waals surface area (Å²) in [6.45, 7) is 1.09. The average molecular weight is 638 g/mol. The van der Waals surface area contributed by atoms with Gasteiger partial charge in [0.05, 0.1) is 27.6 Å². The van der Waals surface area contributed by atoms with Crippen molar-refractivity contribution in [2.24, 2.45) is 0 Å². The van der Waals surface area contributed by atoms with Crippen molar-refractivity contribution >= 4 is 5.97 Å². The maximum atomic E-state index is 12.7. The van der Waals surface area contributed by atoms with E-state index in [1.54, 1.807) is 0 Å². The summed E-state index contributed by atoms with van der Waals surface area (Å²) in [6, 6.07) is 27.3. The van der Waals surface area contributed by atoms with E-state index < -0.39 is 0 Å². The minimum Gasteiger partial charge on any atom is -1.00 e. The number of rotatable bonds is 11. The Morgan fingerprint density at radius 3 is 1.92 bits per heavy atom. The monoisotopic (exact) mass is 637 g/mol. The van der Waals surface area contributed by atoms with Crippen molar-refractivity contribution in [2.75, 3.05) is 34.4 Å². The second-order valence-corrected chi connectivity index (χ2v) is 9.66. The summed E-state index contributed by atoms with van der Waals surface area (Å²) in [6.07, 6.45) is 1.57. The first-order valence-corrected chi connectivity index (χ1v) is 12.7. The van der Waals surface area contributed by atoms with E-state index in [4.69, 9.17) is 14.2 Å². The van der Waals surface area contributed by atoms with Crippen molar-refractivity contribution in [1.29, 1.82) is 0 Å². The van der Waals surface area contributed by atoms with Crippen molar-refractivity contribution in [2.45, 2.75) is 31.9 Å². The van der Waals surface area contributed by atoms with E-state index in [0.29, 0.717) is 30.4 Å². The molecule has 3 aromatic carbocycles. The van der Waals surface area contributed by atoms with Crippen LogP contribution in [0, 0.1) is 23.7 Å². The summed E-state index contributed by atoms with van der Waals surface area (Å²) in [5.74, 6) is 13.3. The number of esters is 1. The Bertz CT molecular complexity index is 1250. The molecule has 0 spiro atoms. The number of hydrogen-bond donors (Lipinski definition) is 0. The first-order valence-electron chi connectivity index (χ1n) is 12.7. The Morgan fingerprint density at radius 2 is 1.31 bits per heavy atom. The number of ether oxygens (including phenoxy) is 3. The zero-order valence-corrected chi connectivity index (χ0v) is 25.0. The minimum absolute atomic E-state index is 0. The van der Waals surface area contributed by atoms with E-state index in [0.717, 1.165) is 22.6 Å². The van der Waals surface area contributed by atoms with Crippen LogP contribution in [0.3, 0.4) is 0 Å². The molecule has 6 heteroatoms. The van der Waals surface area contributed by atoms with Gasteiger partial charge in [0.2, 0.25) is 0 Å². The Labute approximate surface area is 250 Å². The van der Waals surface area contributed by atoms with Crippen LogP contribution in [0.4, 0.5) is 0 Å². The molecule has 0 aliphatic carbocycles. The largest absolute Gasteiger partial charge is 1.00 e. The lowest BCUT2D eigenvalue weighted by atomic mass is 10.0. The SMILES string of the molecule is C[N+](C)(C)C(Cc1ccccc1)C(=O)OCCC#CCC#CCOc1ccc(OCc2ccccc2)cc1.[I-]. The van der Waals surface area contributed by atoms with Gasteiger partial charge in [0.1, 0.15) is 31.3 Å². The van der Waals surface area contributed by atoms with Crippen molar-refractivity contribution in [3.8, 4) is 35.2 Å². The van der Waals surface area contributed by atoms with Crippen LogP contribution in [0.15, 0.2) is 84.9 Å². The number of quaternary nitrogens is 1. The number of hydrogen-bond acceptors (Lipinski definition) is 4. The van der Waals surface area contributed by atoms with Gasteiger partial charge < -0.3 is 42.7 Å². The summed E-state index contributed by atoms with van der Waals surface area (Å²) in [4.78, 5) is 12.7. The molecule has 0 heterocycles. The van der Waals surface area contributed by atoms with Crippen molar-refractivity contribution in [3.05, 3.63) is 96.1 Å². The molecule has 204 valence electrons. The first-order chi connectivity index (χ1) is 18.4. The van der Waals surface area contributed by atoms with Gasteiger partial charge >= 0.3 is 5.97 Å². The van der Waals surface area contributed by atoms with E-state index in [1.807, 2.05) is 106 Å². The molecule has 0 N–H and O–H groups in total. The summed E-state index contributed by atoms with van der Waals surface area (Å²) in [5.41, 5.74) is 2.24. The molecular weight excluding hydrogens is 601 g/mol. The van der Waals surface area contributed by atoms with Gasteiger partial charge in [-0.05, 0) is 35.4 Å². The Hall–Kier alpha value is -3.46. The predicted molar refractivity (Wildman–Crippen MR) is 150 cm³/mol. The topological polar surface area (TPSA) is 44.8 Å². The Kier molecular flexibility index (Phi) is 14.0. The Balaban J connectivity index is 0.00000533. The molecule has 39 heavy (non-hydrogen) atoms. The number of halogens is 1. The summed E-state index contributed by atoms with van der Waals surface area (Å²) < 4.78 is 17.5. The molecule has 0 aliphatic rings. The molecule has 3 rings (SSSR count). The van der Waals surface area contributed by atoms with Gasteiger partial charge in [-0.3, -0.25) is 0 Å². The number of likely N-dealkylation sites (N-methyl/N-ethyl adjacent to an activating group) is 1. The van der Waals surface area contributed by atoms with Crippen LogP contribution in [0.1, 0.15) is 24.0 Å². The predicted octanol–water partition coefficient (Wildman–Crippen LogP) is 2.30. The van der Waals surface area contributed by atoms with Crippen LogP contribution in [0.5, 0.6) is 11.5 Å². The summed E-state index contributed by atoms with van der Waals surface area (Å²) in [5, 5.41) is 0. The van der Waals surface area contributed by atoms with Crippen molar-refractivity contribution < 1.29 is 47.5 Å². The fourth-order valence-corrected chi connectivity index (χ4v) is 3.61. The van der Waals surface area contributed by atoms with Gasteiger partial charge in [0.15, 0.2) is 6.04 Å². The molecule has 5 nitrogen and oxygen atoms in total. The quantitative estimate of drug-likeness (QED) is 0.107. The van der Waals surface area contributed by atoms with Crippen LogP contribution in [-0.2, 0) is 22.6 Å². The molecule has 1 unspecified atom stereocenters. The highest BCUT2D eigenvalue weighted by Gasteiger charge is 2.33. The molecule has 1 atom stereocenters. The van der Waals surface area contributed by atoms with Gasteiger partial charge in [0, 0.05) is 12.8 Å². The minimum atomic E-state index is -0.269. The lowest BCUT2D eigenvalue weighted by molar-refractivity contribution is -0.887. The van der Waals surface area contributed by atoms with E-state index in [1.165, 1.54) is 0 Å². The van der Waals surface area contributed by atoms with Crippen LogP contribution < -0.4 is 33.5 Å². The van der Waals surface area contributed by atoms with Crippen molar-refractivity contribution in [3.63, 3.8) is 0 Å². The zero-order valence-electron chi connectivity index (χ0n) is 22.9. The van der Waals surface area contributed by atoms with E-state index >= 15 is 0 Å². The van der Waals surface area contributed by atoms with Crippen LogP contribution in [0.2, 0.25) is 0 Å². The second-order valence-electron chi connectivity index (χ2n) is 9.66. The van der Waals surface area contributed by atoms with Crippen LogP contribution in [-0.4, -0.2) is 50.9 Å². The Morgan fingerprint density at radius 1 is 0.744 bits per heavy atom. The molecule has 0 amide bonds. The molecule has 0 radical (unpaired) electrons. The van der Waals surface area contributed by atoms with Gasteiger partial charge in [-0.25, -0.2) is 4.79 Å². The zero-order chi connectivity index (χ0) is 27.1. The lowest BCUT2D eigenvalue weighted by Crippen LogP contribution is -3.00. The maximum Gasteiger partial charge on any atom is 0.365 e. The third-order valence-corrected chi connectivity index (χ3v) is 5.76.